The van der Waals surface area contributed by atoms with E-state index in [4.69, 9.17) is 5.73 Å². The molecule has 0 aliphatic carbocycles. The molecule has 0 spiro atoms. The first-order valence-corrected chi connectivity index (χ1v) is 4.60. The molecule has 2 heteroatoms. The Kier molecular flexibility index (Phi) is 5.47. The van der Waals surface area contributed by atoms with Crippen molar-refractivity contribution in [1.82, 2.24) is 0 Å². The molecule has 0 saturated heterocycles. The molecule has 0 rings (SSSR count). The SMILES string of the molecule is CCCCC(N)(F)CCCC. The second-order valence-corrected chi connectivity index (χ2v) is 3.24. The van der Waals surface area contributed by atoms with Crippen molar-refractivity contribution in [3.63, 3.8) is 0 Å². The summed E-state index contributed by atoms with van der Waals surface area (Å²) in [5.74, 6) is -1.40. The summed E-state index contributed by atoms with van der Waals surface area (Å²) in [5.41, 5.74) is 5.42. The summed E-state index contributed by atoms with van der Waals surface area (Å²) in [6.45, 7) is 4.10. The molecule has 0 amide bonds. The molecule has 68 valence electrons. The molecule has 0 atom stereocenters. The fourth-order valence-corrected chi connectivity index (χ4v) is 1.07. The monoisotopic (exact) mass is 161 g/mol. The van der Waals surface area contributed by atoms with Gasteiger partial charge >= 0.3 is 0 Å². The normalized spacial score (nSPS) is 12.0. The number of halogens is 1. The number of hydrogen-bond donors (Lipinski definition) is 1. The highest BCUT2D eigenvalue weighted by atomic mass is 19.1. The van der Waals surface area contributed by atoms with Crippen LogP contribution in [-0.4, -0.2) is 5.79 Å². The zero-order chi connectivity index (χ0) is 8.74. The van der Waals surface area contributed by atoms with Gasteiger partial charge in [-0.15, -0.1) is 0 Å². The molecule has 1 nitrogen and oxygen atoms in total. The molecule has 0 aromatic heterocycles. The van der Waals surface area contributed by atoms with Crippen molar-refractivity contribution in [2.75, 3.05) is 0 Å². The van der Waals surface area contributed by atoms with Gasteiger partial charge in [0.2, 0.25) is 0 Å². The van der Waals surface area contributed by atoms with Gasteiger partial charge in [0.25, 0.3) is 0 Å². The summed E-state index contributed by atoms with van der Waals surface area (Å²) in [4.78, 5) is 0. The Balaban J connectivity index is 3.43. The first kappa shape index (κ1) is 10.9. The van der Waals surface area contributed by atoms with Crippen molar-refractivity contribution in [1.29, 1.82) is 0 Å². The summed E-state index contributed by atoms with van der Waals surface area (Å²) in [6.07, 6.45) is 4.88. The molecule has 0 aromatic carbocycles. The molecule has 0 radical (unpaired) electrons. The fraction of sp³-hybridized carbons (Fsp3) is 1.00. The number of rotatable bonds is 6. The highest BCUT2D eigenvalue weighted by Crippen LogP contribution is 2.19. The average Bonchev–Trinajstić information content (AvgIpc) is 1.97. The molecule has 0 aliphatic heterocycles. The average molecular weight is 161 g/mol. The van der Waals surface area contributed by atoms with Crippen molar-refractivity contribution in [3.8, 4) is 0 Å². The summed E-state index contributed by atoms with van der Waals surface area (Å²) >= 11 is 0. The third kappa shape index (κ3) is 6.29. The van der Waals surface area contributed by atoms with Gasteiger partial charge in [-0.25, -0.2) is 4.39 Å². The van der Waals surface area contributed by atoms with Gasteiger partial charge in [0.05, 0.1) is 0 Å². The minimum Gasteiger partial charge on any atom is -0.299 e. The van der Waals surface area contributed by atoms with Crippen LogP contribution in [0.25, 0.3) is 0 Å². The minimum absolute atomic E-state index is 0.517. The summed E-state index contributed by atoms with van der Waals surface area (Å²) in [6, 6.07) is 0. The predicted molar refractivity (Wildman–Crippen MR) is 47.1 cm³/mol. The van der Waals surface area contributed by atoms with Crippen LogP contribution in [0.3, 0.4) is 0 Å². The predicted octanol–water partition coefficient (Wildman–Crippen LogP) is 2.99. The van der Waals surface area contributed by atoms with E-state index in [0.717, 1.165) is 25.7 Å². The van der Waals surface area contributed by atoms with Gasteiger partial charge in [-0.05, 0) is 25.7 Å². The highest BCUT2D eigenvalue weighted by Gasteiger charge is 2.21. The zero-order valence-corrected chi connectivity index (χ0v) is 7.70. The molecule has 0 heterocycles. The van der Waals surface area contributed by atoms with Gasteiger partial charge in [0.1, 0.15) is 0 Å². The van der Waals surface area contributed by atoms with Crippen LogP contribution in [0.4, 0.5) is 4.39 Å². The maximum Gasteiger partial charge on any atom is 0.159 e. The Morgan fingerprint density at radius 2 is 1.45 bits per heavy atom. The maximum atomic E-state index is 13.2. The van der Waals surface area contributed by atoms with Crippen molar-refractivity contribution < 1.29 is 4.39 Å². The van der Waals surface area contributed by atoms with Gasteiger partial charge < -0.3 is 0 Å². The van der Waals surface area contributed by atoms with Gasteiger partial charge in [-0.1, -0.05) is 26.7 Å². The van der Waals surface area contributed by atoms with E-state index in [-0.39, 0.29) is 0 Å². The summed E-state index contributed by atoms with van der Waals surface area (Å²) < 4.78 is 13.2. The summed E-state index contributed by atoms with van der Waals surface area (Å²) in [5, 5.41) is 0. The van der Waals surface area contributed by atoms with E-state index in [2.05, 4.69) is 13.8 Å². The van der Waals surface area contributed by atoms with E-state index in [1.165, 1.54) is 0 Å². The first-order chi connectivity index (χ1) is 5.12. The molecule has 0 saturated carbocycles. The van der Waals surface area contributed by atoms with Crippen LogP contribution in [-0.2, 0) is 0 Å². The van der Waals surface area contributed by atoms with Crippen molar-refractivity contribution in [2.45, 2.75) is 58.2 Å². The van der Waals surface area contributed by atoms with Crippen LogP contribution in [0.2, 0.25) is 0 Å². The van der Waals surface area contributed by atoms with Crippen molar-refractivity contribution >= 4 is 0 Å². The molecule has 0 fully saturated rings. The number of unbranched alkanes of at least 4 members (excludes halogenated alkanes) is 2. The Labute approximate surface area is 69.2 Å². The van der Waals surface area contributed by atoms with E-state index >= 15 is 0 Å². The quantitative estimate of drug-likeness (QED) is 0.595. The van der Waals surface area contributed by atoms with E-state index in [9.17, 15) is 4.39 Å². The molecular weight excluding hydrogens is 141 g/mol. The lowest BCUT2D eigenvalue weighted by molar-refractivity contribution is 0.138. The van der Waals surface area contributed by atoms with E-state index < -0.39 is 5.79 Å². The van der Waals surface area contributed by atoms with E-state index in [1.807, 2.05) is 0 Å². The highest BCUT2D eigenvalue weighted by molar-refractivity contribution is 4.70. The number of alkyl halides is 1. The van der Waals surface area contributed by atoms with E-state index in [1.54, 1.807) is 0 Å². The van der Waals surface area contributed by atoms with Crippen LogP contribution in [0.1, 0.15) is 52.4 Å². The Hall–Kier alpha value is -0.110. The number of nitrogens with two attached hydrogens (primary N) is 1. The Morgan fingerprint density at radius 3 is 1.73 bits per heavy atom. The van der Waals surface area contributed by atoms with Gasteiger partial charge in [0, 0.05) is 0 Å². The zero-order valence-electron chi connectivity index (χ0n) is 7.70. The van der Waals surface area contributed by atoms with Crippen LogP contribution in [0.15, 0.2) is 0 Å². The molecule has 0 bridgehead atoms. The van der Waals surface area contributed by atoms with Crippen LogP contribution < -0.4 is 5.73 Å². The maximum absolute atomic E-state index is 13.2. The van der Waals surface area contributed by atoms with Crippen molar-refractivity contribution in [3.05, 3.63) is 0 Å². The van der Waals surface area contributed by atoms with Crippen LogP contribution in [0.5, 0.6) is 0 Å². The summed E-state index contributed by atoms with van der Waals surface area (Å²) in [7, 11) is 0. The molecule has 2 N–H and O–H groups in total. The lowest BCUT2D eigenvalue weighted by Crippen LogP contribution is -2.34. The smallest absolute Gasteiger partial charge is 0.159 e. The lowest BCUT2D eigenvalue weighted by Gasteiger charge is -2.19. The largest absolute Gasteiger partial charge is 0.299 e. The Bertz CT molecular complexity index is 81.6. The lowest BCUT2D eigenvalue weighted by atomic mass is 10.0. The second kappa shape index (κ2) is 5.53. The van der Waals surface area contributed by atoms with Gasteiger partial charge in [0.15, 0.2) is 5.79 Å². The van der Waals surface area contributed by atoms with Crippen LogP contribution in [0, 0.1) is 0 Å². The first-order valence-electron chi connectivity index (χ1n) is 4.60. The molecular formula is C9H20FN. The van der Waals surface area contributed by atoms with Gasteiger partial charge in [-0.2, -0.15) is 0 Å². The third-order valence-electron chi connectivity index (χ3n) is 1.89. The standard InChI is InChI=1S/C9H20FN/c1-3-5-7-9(10,11)8-6-4-2/h3-8,11H2,1-2H3. The van der Waals surface area contributed by atoms with Gasteiger partial charge in [-0.3, -0.25) is 5.73 Å². The minimum atomic E-state index is -1.40. The van der Waals surface area contributed by atoms with E-state index in [0.29, 0.717) is 12.8 Å². The Morgan fingerprint density at radius 1 is 1.09 bits per heavy atom. The molecule has 0 aliphatic rings. The third-order valence-corrected chi connectivity index (χ3v) is 1.89. The van der Waals surface area contributed by atoms with Crippen molar-refractivity contribution in [2.24, 2.45) is 5.73 Å². The molecule has 0 aromatic rings. The molecule has 11 heavy (non-hydrogen) atoms. The van der Waals surface area contributed by atoms with Crippen LogP contribution >= 0.6 is 0 Å². The number of hydrogen-bond acceptors (Lipinski definition) is 1. The second-order valence-electron chi connectivity index (χ2n) is 3.24. The fourth-order valence-electron chi connectivity index (χ4n) is 1.07. The molecule has 0 unspecified atom stereocenters. The topological polar surface area (TPSA) is 26.0 Å².